The van der Waals surface area contributed by atoms with Crippen molar-refractivity contribution in [2.24, 2.45) is 11.8 Å². The molecule has 0 spiro atoms. The number of hydrogen-bond acceptors (Lipinski definition) is 6. The standard InChI is InChI=1S/C17H35N3O4S/c1-12(2)15-10-16(13-6-8-14(21)9-7-13)20(11-24-4)17(18-15)19(3)25(5,22)23/h12-18,21H,6-11H2,1-5H3. The van der Waals surface area contributed by atoms with Crippen LogP contribution in [0.2, 0.25) is 0 Å². The molecule has 1 aliphatic carbocycles. The van der Waals surface area contributed by atoms with E-state index in [2.05, 4.69) is 24.1 Å². The minimum Gasteiger partial charge on any atom is -0.393 e. The topological polar surface area (TPSA) is 82.1 Å². The van der Waals surface area contributed by atoms with E-state index in [0.29, 0.717) is 18.6 Å². The molecule has 2 N–H and O–H groups in total. The fourth-order valence-electron chi connectivity index (χ4n) is 4.16. The van der Waals surface area contributed by atoms with E-state index in [1.165, 1.54) is 10.6 Å². The maximum Gasteiger partial charge on any atom is 0.213 e. The molecule has 1 aliphatic heterocycles. The summed E-state index contributed by atoms with van der Waals surface area (Å²) < 4.78 is 31.2. The second kappa shape index (κ2) is 8.63. The second-order valence-corrected chi connectivity index (χ2v) is 10.0. The van der Waals surface area contributed by atoms with Gasteiger partial charge in [-0.2, -0.15) is 4.31 Å². The van der Waals surface area contributed by atoms with E-state index in [0.717, 1.165) is 32.1 Å². The minimum atomic E-state index is -3.33. The van der Waals surface area contributed by atoms with E-state index < -0.39 is 16.3 Å². The van der Waals surface area contributed by atoms with E-state index in [9.17, 15) is 13.5 Å². The Balaban J connectivity index is 2.29. The van der Waals surface area contributed by atoms with Crippen LogP contribution in [0.3, 0.4) is 0 Å². The van der Waals surface area contributed by atoms with Crippen LogP contribution in [0.4, 0.5) is 0 Å². The third-order valence-electron chi connectivity index (χ3n) is 5.83. The first-order chi connectivity index (χ1) is 11.6. The molecule has 1 heterocycles. The molecule has 7 nitrogen and oxygen atoms in total. The molecule has 0 bridgehead atoms. The molecule has 0 amide bonds. The van der Waals surface area contributed by atoms with E-state index in [-0.39, 0.29) is 18.2 Å². The van der Waals surface area contributed by atoms with Crippen molar-refractivity contribution in [3.63, 3.8) is 0 Å². The van der Waals surface area contributed by atoms with Crippen molar-refractivity contribution in [2.75, 3.05) is 27.1 Å². The summed E-state index contributed by atoms with van der Waals surface area (Å²) in [5, 5.41) is 13.4. The van der Waals surface area contributed by atoms with E-state index in [1.807, 2.05) is 0 Å². The molecule has 0 aromatic carbocycles. The summed E-state index contributed by atoms with van der Waals surface area (Å²) in [6, 6.07) is 0.495. The summed E-state index contributed by atoms with van der Waals surface area (Å²) in [6.45, 7) is 4.72. The Morgan fingerprint density at radius 2 is 1.88 bits per heavy atom. The fourth-order valence-corrected chi connectivity index (χ4v) is 4.70. The second-order valence-electron chi connectivity index (χ2n) is 7.97. The van der Waals surface area contributed by atoms with Gasteiger partial charge in [0, 0.05) is 26.2 Å². The van der Waals surface area contributed by atoms with Crippen molar-refractivity contribution in [3.8, 4) is 0 Å². The first-order valence-electron chi connectivity index (χ1n) is 9.27. The fraction of sp³-hybridized carbons (Fsp3) is 1.00. The lowest BCUT2D eigenvalue weighted by Gasteiger charge is -2.52. The van der Waals surface area contributed by atoms with Crippen LogP contribution in [-0.2, 0) is 14.8 Å². The zero-order valence-corrected chi connectivity index (χ0v) is 17.0. The molecule has 2 rings (SSSR count). The molecule has 148 valence electrons. The SMILES string of the molecule is COCN1C(C2CCC(O)CC2)CC(C(C)C)NC1N(C)S(C)(=O)=O. The largest absolute Gasteiger partial charge is 0.393 e. The number of methoxy groups -OCH3 is 1. The molecule has 2 aliphatic rings. The van der Waals surface area contributed by atoms with Crippen molar-refractivity contribution in [1.29, 1.82) is 0 Å². The van der Waals surface area contributed by atoms with Gasteiger partial charge in [0.15, 0.2) is 0 Å². The van der Waals surface area contributed by atoms with Gasteiger partial charge in [0.05, 0.1) is 12.4 Å². The van der Waals surface area contributed by atoms with Gasteiger partial charge in [-0.15, -0.1) is 0 Å². The monoisotopic (exact) mass is 377 g/mol. The Hall–Kier alpha value is -0.250. The van der Waals surface area contributed by atoms with Crippen LogP contribution >= 0.6 is 0 Å². The number of sulfonamides is 1. The number of hydrogen-bond donors (Lipinski definition) is 2. The summed E-state index contributed by atoms with van der Waals surface area (Å²) in [4.78, 5) is 2.14. The molecule has 0 aromatic rings. The van der Waals surface area contributed by atoms with Crippen LogP contribution < -0.4 is 5.32 Å². The number of nitrogens with one attached hydrogen (secondary N) is 1. The van der Waals surface area contributed by atoms with Gasteiger partial charge in [-0.1, -0.05) is 13.8 Å². The van der Waals surface area contributed by atoms with Crippen molar-refractivity contribution in [3.05, 3.63) is 0 Å². The van der Waals surface area contributed by atoms with E-state index in [1.54, 1.807) is 14.2 Å². The first kappa shape index (κ1) is 21.1. The Labute approximate surface area is 152 Å². The molecule has 25 heavy (non-hydrogen) atoms. The van der Waals surface area contributed by atoms with E-state index >= 15 is 0 Å². The number of aliphatic hydroxyl groups excluding tert-OH is 1. The van der Waals surface area contributed by atoms with E-state index in [4.69, 9.17) is 4.74 Å². The van der Waals surface area contributed by atoms with Crippen LogP contribution in [0.5, 0.6) is 0 Å². The number of ether oxygens (including phenoxy) is 1. The lowest BCUT2D eigenvalue weighted by Crippen LogP contribution is -2.69. The van der Waals surface area contributed by atoms with Crippen molar-refractivity contribution in [2.45, 2.75) is 70.4 Å². The Kier molecular flexibility index (Phi) is 7.26. The maximum absolute atomic E-state index is 12.2. The highest BCUT2D eigenvalue weighted by molar-refractivity contribution is 7.88. The predicted octanol–water partition coefficient (Wildman–Crippen LogP) is 1.00. The first-order valence-corrected chi connectivity index (χ1v) is 11.1. The third kappa shape index (κ3) is 5.14. The maximum atomic E-state index is 12.2. The molecule has 8 heteroatoms. The third-order valence-corrected chi connectivity index (χ3v) is 7.08. The molecule has 0 radical (unpaired) electrons. The van der Waals surface area contributed by atoms with Gasteiger partial charge in [0.1, 0.15) is 13.0 Å². The molecule has 1 saturated heterocycles. The lowest BCUT2D eigenvalue weighted by atomic mass is 9.78. The van der Waals surface area contributed by atoms with Gasteiger partial charge in [0.2, 0.25) is 10.0 Å². The van der Waals surface area contributed by atoms with Crippen molar-refractivity contribution >= 4 is 10.0 Å². The van der Waals surface area contributed by atoms with Crippen molar-refractivity contribution in [1.82, 2.24) is 14.5 Å². The van der Waals surface area contributed by atoms with Crippen molar-refractivity contribution < 1.29 is 18.3 Å². The Morgan fingerprint density at radius 3 is 2.36 bits per heavy atom. The van der Waals surface area contributed by atoms with Crippen LogP contribution in [0.1, 0.15) is 46.0 Å². The van der Waals surface area contributed by atoms with Gasteiger partial charge in [-0.25, -0.2) is 13.3 Å². The number of rotatable bonds is 6. The summed E-state index contributed by atoms with van der Waals surface area (Å²) in [5.41, 5.74) is 0. The highest BCUT2D eigenvalue weighted by Gasteiger charge is 2.43. The smallest absolute Gasteiger partial charge is 0.213 e. The average molecular weight is 378 g/mol. The van der Waals surface area contributed by atoms with Gasteiger partial charge in [-0.3, -0.25) is 5.32 Å². The molecule has 0 aromatic heterocycles. The molecule has 3 unspecified atom stereocenters. The van der Waals surface area contributed by atoms with Crippen LogP contribution in [0.25, 0.3) is 0 Å². The van der Waals surface area contributed by atoms with Crippen LogP contribution in [0.15, 0.2) is 0 Å². The summed E-state index contributed by atoms with van der Waals surface area (Å²) in [6.07, 6.45) is 5.22. The number of nitrogens with zero attached hydrogens (tertiary/aromatic N) is 2. The molecule has 3 atom stereocenters. The highest BCUT2D eigenvalue weighted by Crippen LogP contribution is 2.35. The normalized spacial score (nSPS) is 35.4. The molecule has 1 saturated carbocycles. The minimum absolute atomic E-state index is 0.191. The number of aliphatic hydroxyl groups is 1. The van der Waals surface area contributed by atoms with Gasteiger partial charge < -0.3 is 9.84 Å². The summed E-state index contributed by atoms with van der Waals surface area (Å²) >= 11 is 0. The quantitative estimate of drug-likeness (QED) is 0.719. The van der Waals surface area contributed by atoms with Gasteiger partial charge in [-0.05, 0) is 43.9 Å². The predicted molar refractivity (Wildman–Crippen MR) is 98.2 cm³/mol. The van der Waals surface area contributed by atoms with Gasteiger partial charge in [0.25, 0.3) is 0 Å². The highest BCUT2D eigenvalue weighted by atomic mass is 32.2. The Morgan fingerprint density at radius 1 is 1.28 bits per heavy atom. The lowest BCUT2D eigenvalue weighted by molar-refractivity contribution is -0.0996. The van der Waals surface area contributed by atoms with Crippen LogP contribution in [-0.4, -0.2) is 74.4 Å². The average Bonchev–Trinajstić information content (AvgIpc) is 2.54. The van der Waals surface area contributed by atoms with Crippen LogP contribution in [0, 0.1) is 11.8 Å². The molecular formula is C17H35N3O4S. The summed E-state index contributed by atoms with van der Waals surface area (Å²) in [7, 11) is -0.0605. The summed E-state index contributed by atoms with van der Waals surface area (Å²) in [5.74, 6) is 0.870. The molecular weight excluding hydrogens is 342 g/mol. The van der Waals surface area contributed by atoms with Gasteiger partial charge >= 0.3 is 0 Å². The molecule has 2 fully saturated rings. The zero-order valence-electron chi connectivity index (χ0n) is 16.2. The zero-order chi connectivity index (χ0) is 18.8. The Bertz CT molecular complexity index is 520.